The Morgan fingerprint density at radius 2 is 2.20 bits per heavy atom. The number of ether oxygens (including phenoxy) is 2. The van der Waals surface area contributed by atoms with Crippen molar-refractivity contribution in [3.63, 3.8) is 0 Å². The first-order chi connectivity index (χ1) is 9.54. The van der Waals surface area contributed by atoms with Gasteiger partial charge in [0, 0.05) is 19.8 Å². The summed E-state index contributed by atoms with van der Waals surface area (Å²) in [7, 11) is 1.33. The monoisotopic (exact) mass is 279 g/mol. The van der Waals surface area contributed by atoms with E-state index >= 15 is 0 Å². The van der Waals surface area contributed by atoms with E-state index in [0.717, 1.165) is 32.6 Å². The Morgan fingerprint density at radius 1 is 1.50 bits per heavy atom. The molecule has 1 aromatic heterocycles. The van der Waals surface area contributed by atoms with Crippen LogP contribution in [-0.2, 0) is 9.47 Å². The highest BCUT2D eigenvalue weighted by atomic mass is 16.5. The Labute approximate surface area is 118 Å². The molecule has 0 saturated carbocycles. The molecule has 1 aromatic rings. The normalized spacial score (nSPS) is 17.5. The van der Waals surface area contributed by atoms with Crippen molar-refractivity contribution in [1.29, 1.82) is 0 Å². The third kappa shape index (κ3) is 3.39. The van der Waals surface area contributed by atoms with Gasteiger partial charge in [-0.15, -0.1) is 0 Å². The highest BCUT2D eigenvalue weighted by molar-refractivity contribution is 5.88. The fourth-order valence-electron chi connectivity index (χ4n) is 2.17. The molecule has 0 spiro atoms. The molecule has 6 heteroatoms. The molecule has 0 aromatic carbocycles. The van der Waals surface area contributed by atoms with Gasteiger partial charge in [0.25, 0.3) is 0 Å². The van der Waals surface area contributed by atoms with Gasteiger partial charge in [-0.05, 0) is 30.4 Å². The highest BCUT2D eigenvalue weighted by Crippen LogP contribution is 2.30. The number of hydrogen-bond acceptors (Lipinski definition) is 6. The summed E-state index contributed by atoms with van der Waals surface area (Å²) in [4.78, 5) is 15.7. The first-order valence-corrected chi connectivity index (χ1v) is 6.70. The fraction of sp³-hybridized carbons (Fsp3) is 0.571. The molecule has 0 atom stereocenters. The van der Waals surface area contributed by atoms with Gasteiger partial charge in [0.2, 0.25) is 0 Å². The van der Waals surface area contributed by atoms with Crippen LogP contribution in [-0.4, -0.2) is 37.8 Å². The summed E-state index contributed by atoms with van der Waals surface area (Å²) < 4.78 is 10.0. The van der Waals surface area contributed by atoms with Crippen molar-refractivity contribution in [3.8, 4) is 0 Å². The minimum absolute atomic E-state index is 0.160. The van der Waals surface area contributed by atoms with Gasteiger partial charge >= 0.3 is 5.97 Å². The predicted octanol–water partition coefficient (Wildman–Crippen LogP) is 1.68. The van der Waals surface area contributed by atoms with Gasteiger partial charge in [-0.1, -0.05) is 6.92 Å². The van der Waals surface area contributed by atoms with Crippen molar-refractivity contribution >= 4 is 17.5 Å². The van der Waals surface area contributed by atoms with Gasteiger partial charge in [-0.2, -0.15) is 0 Å². The number of anilines is 2. The van der Waals surface area contributed by atoms with E-state index in [1.54, 1.807) is 12.1 Å². The lowest BCUT2D eigenvalue weighted by atomic mass is 9.82. The van der Waals surface area contributed by atoms with Gasteiger partial charge in [0.05, 0.1) is 12.8 Å². The van der Waals surface area contributed by atoms with Crippen LogP contribution < -0.4 is 11.1 Å². The molecule has 1 aliphatic rings. The van der Waals surface area contributed by atoms with Gasteiger partial charge in [-0.25, -0.2) is 9.78 Å². The largest absolute Gasteiger partial charge is 0.464 e. The molecule has 6 nitrogen and oxygen atoms in total. The molecule has 1 saturated heterocycles. The quantitative estimate of drug-likeness (QED) is 0.815. The molecule has 2 heterocycles. The van der Waals surface area contributed by atoms with E-state index in [-0.39, 0.29) is 11.1 Å². The maximum Gasteiger partial charge on any atom is 0.356 e. The lowest BCUT2D eigenvalue weighted by Crippen LogP contribution is -2.33. The number of nitrogens with zero attached hydrogens (tertiary/aromatic N) is 1. The van der Waals surface area contributed by atoms with Gasteiger partial charge in [0.15, 0.2) is 5.69 Å². The van der Waals surface area contributed by atoms with Gasteiger partial charge in [-0.3, -0.25) is 0 Å². The van der Waals surface area contributed by atoms with Crippen LogP contribution in [0, 0.1) is 5.41 Å². The first kappa shape index (κ1) is 14.6. The average molecular weight is 279 g/mol. The molecule has 3 N–H and O–H groups in total. The number of carbonyl (C=O) groups is 1. The lowest BCUT2D eigenvalue weighted by molar-refractivity contribution is 0.0300. The number of nitrogen functional groups attached to an aromatic ring is 1. The molecule has 2 rings (SSSR count). The van der Waals surface area contributed by atoms with Crippen LogP contribution in [0.4, 0.5) is 11.5 Å². The predicted molar refractivity (Wildman–Crippen MR) is 76.6 cm³/mol. The SMILES string of the molecule is COC(=O)c1ccc(N)c(NCC2(C)CCOCC2)n1. The zero-order valence-corrected chi connectivity index (χ0v) is 11.9. The summed E-state index contributed by atoms with van der Waals surface area (Å²) in [6, 6.07) is 3.22. The standard InChI is InChI=1S/C14H21N3O3/c1-14(5-7-20-8-6-14)9-16-12-10(15)3-4-11(17-12)13(18)19-2/h3-4H,5-9,15H2,1-2H3,(H,16,17). The van der Waals surface area contributed by atoms with Crippen molar-refractivity contribution in [1.82, 2.24) is 4.98 Å². The summed E-state index contributed by atoms with van der Waals surface area (Å²) in [6.45, 7) is 4.52. The summed E-state index contributed by atoms with van der Waals surface area (Å²) in [5, 5.41) is 3.24. The van der Waals surface area contributed by atoms with Crippen LogP contribution in [0.15, 0.2) is 12.1 Å². The molecule has 110 valence electrons. The van der Waals surface area contributed by atoms with Crippen molar-refractivity contribution in [3.05, 3.63) is 17.8 Å². The summed E-state index contributed by atoms with van der Waals surface area (Å²) >= 11 is 0. The summed E-state index contributed by atoms with van der Waals surface area (Å²) in [5.41, 5.74) is 6.82. The molecule has 20 heavy (non-hydrogen) atoms. The van der Waals surface area contributed by atoms with Crippen LogP contribution in [0.5, 0.6) is 0 Å². The number of nitrogens with two attached hydrogens (primary N) is 1. The molecule has 1 fully saturated rings. The molecular formula is C14H21N3O3. The number of pyridine rings is 1. The number of carbonyl (C=O) groups excluding carboxylic acids is 1. The number of nitrogens with one attached hydrogen (secondary N) is 1. The number of hydrogen-bond donors (Lipinski definition) is 2. The van der Waals surface area contributed by atoms with E-state index in [0.29, 0.717) is 11.5 Å². The third-order valence-corrected chi connectivity index (χ3v) is 3.70. The van der Waals surface area contributed by atoms with Gasteiger partial charge in [0.1, 0.15) is 5.82 Å². The highest BCUT2D eigenvalue weighted by Gasteiger charge is 2.27. The zero-order chi connectivity index (χ0) is 14.6. The van der Waals surface area contributed by atoms with Crippen LogP contribution in [0.3, 0.4) is 0 Å². The Balaban J connectivity index is 2.06. The minimum Gasteiger partial charge on any atom is -0.464 e. The third-order valence-electron chi connectivity index (χ3n) is 3.70. The lowest BCUT2D eigenvalue weighted by Gasteiger charge is -2.33. The smallest absolute Gasteiger partial charge is 0.356 e. The molecule has 0 unspecified atom stereocenters. The number of rotatable bonds is 4. The zero-order valence-electron chi connectivity index (χ0n) is 11.9. The van der Waals surface area contributed by atoms with Gasteiger partial charge < -0.3 is 20.5 Å². The van der Waals surface area contributed by atoms with Crippen molar-refractivity contribution in [2.24, 2.45) is 5.41 Å². The van der Waals surface area contributed by atoms with Crippen molar-refractivity contribution < 1.29 is 14.3 Å². The van der Waals surface area contributed by atoms with E-state index in [1.165, 1.54) is 7.11 Å². The Bertz CT molecular complexity index is 485. The van der Waals surface area contributed by atoms with E-state index in [1.807, 2.05) is 0 Å². The fourth-order valence-corrected chi connectivity index (χ4v) is 2.17. The van der Waals surface area contributed by atoms with Crippen LogP contribution in [0.1, 0.15) is 30.3 Å². The van der Waals surface area contributed by atoms with Crippen LogP contribution in [0.2, 0.25) is 0 Å². The number of aromatic nitrogens is 1. The maximum atomic E-state index is 11.5. The number of methoxy groups -OCH3 is 1. The van der Waals surface area contributed by atoms with Crippen molar-refractivity contribution in [2.75, 3.05) is 37.9 Å². The van der Waals surface area contributed by atoms with Crippen LogP contribution >= 0.6 is 0 Å². The molecular weight excluding hydrogens is 258 g/mol. The average Bonchev–Trinajstić information content (AvgIpc) is 2.46. The Kier molecular flexibility index (Phi) is 4.44. The van der Waals surface area contributed by atoms with E-state index in [2.05, 4.69) is 22.0 Å². The molecule has 0 bridgehead atoms. The molecule has 1 aliphatic heterocycles. The second-order valence-corrected chi connectivity index (χ2v) is 5.40. The Hall–Kier alpha value is -1.82. The van der Waals surface area contributed by atoms with E-state index < -0.39 is 5.97 Å². The summed E-state index contributed by atoms with van der Waals surface area (Å²) in [5.74, 6) is 0.0611. The molecule has 0 aliphatic carbocycles. The summed E-state index contributed by atoms with van der Waals surface area (Å²) in [6.07, 6.45) is 1.99. The van der Waals surface area contributed by atoms with Crippen LogP contribution in [0.25, 0.3) is 0 Å². The first-order valence-electron chi connectivity index (χ1n) is 6.70. The maximum absolute atomic E-state index is 11.5. The second-order valence-electron chi connectivity index (χ2n) is 5.40. The van der Waals surface area contributed by atoms with E-state index in [4.69, 9.17) is 10.5 Å². The second kappa shape index (κ2) is 6.09. The minimum atomic E-state index is -0.467. The molecule has 0 amide bonds. The number of esters is 1. The van der Waals surface area contributed by atoms with Crippen molar-refractivity contribution in [2.45, 2.75) is 19.8 Å². The molecule has 0 radical (unpaired) electrons. The van der Waals surface area contributed by atoms with E-state index in [9.17, 15) is 4.79 Å². The topological polar surface area (TPSA) is 86.5 Å². The Morgan fingerprint density at radius 3 is 2.85 bits per heavy atom.